The van der Waals surface area contributed by atoms with Crippen molar-refractivity contribution in [3.8, 4) is 17.6 Å². The van der Waals surface area contributed by atoms with Gasteiger partial charge in [0.25, 0.3) is 0 Å². The predicted molar refractivity (Wildman–Crippen MR) is 106 cm³/mol. The summed E-state index contributed by atoms with van der Waals surface area (Å²) in [6, 6.07) is 27.1. The maximum Gasteiger partial charge on any atom is 0.118 e. The third-order valence-electron chi connectivity index (χ3n) is 5.60. The van der Waals surface area contributed by atoms with E-state index in [0.29, 0.717) is 0 Å². The number of rotatable bonds is 2. The number of methoxy groups -OCH3 is 1. The molecule has 2 aliphatic heterocycles. The molecule has 4 atom stereocenters. The first-order valence-corrected chi connectivity index (χ1v) is 9.30. The van der Waals surface area contributed by atoms with Crippen LogP contribution in [0.2, 0.25) is 0 Å². The minimum absolute atomic E-state index is 0.0366. The quantitative estimate of drug-likeness (QED) is 0.585. The first kappa shape index (κ1) is 16.2. The van der Waals surface area contributed by atoms with Crippen molar-refractivity contribution in [2.24, 2.45) is 5.92 Å². The van der Waals surface area contributed by atoms with Gasteiger partial charge in [-0.3, -0.25) is 0 Å². The third-order valence-corrected chi connectivity index (χ3v) is 5.60. The largest absolute Gasteiger partial charge is 0.497 e. The van der Waals surface area contributed by atoms with E-state index in [4.69, 9.17) is 9.47 Å². The molecule has 3 aromatic carbocycles. The lowest BCUT2D eigenvalue weighted by molar-refractivity contribution is 0.0627. The van der Waals surface area contributed by atoms with Gasteiger partial charge < -0.3 is 9.47 Å². The Hall–Kier alpha value is -3.02. The predicted octanol–water partition coefficient (Wildman–Crippen LogP) is 5.27. The standard InChI is InChI=1S/C25H20O2/c1-26-19-14-12-18(13-15-19)23-22(16-11-17-7-3-2-4-8-17)24-20-9-5-6-10-21(20)25(23)27-24/h2-10,12-15,22-25H,1H3. The van der Waals surface area contributed by atoms with Crippen LogP contribution in [0.3, 0.4) is 0 Å². The smallest absolute Gasteiger partial charge is 0.118 e. The van der Waals surface area contributed by atoms with Gasteiger partial charge in [-0.2, -0.15) is 0 Å². The van der Waals surface area contributed by atoms with E-state index >= 15 is 0 Å². The van der Waals surface area contributed by atoms with Gasteiger partial charge in [-0.1, -0.05) is 66.4 Å². The van der Waals surface area contributed by atoms with Crippen molar-refractivity contribution in [3.63, 3.8) is 0 Å². The Morgan fingerprint density at radius 1 is 0.778 bits per heavy atom. The van der Waals surface area contributed by atoms with E-state index in [9.17, 15) is 0 Å². The molecule has 0 aliphatic carbocycles. The molecule has 4 unspecified atom stereocenters. The van der Waals surface area contributed by atoms with Crippen LogP contribution in [0.1, 0.15) is 40.4 Å². The molecule has 5 rings (SSSR count). The number of hydrogen-bond acceptors (Lipinski definition) is 2. The van der Waals surface area contributed by atoms with Gasteiger partial charge in [0, 0.05) is 11.5 Å². The van der Waals surface area contributed by atoms with E-state index in [2.05, 4.69) is 60.4 Å². The summed E-state index contributed by atoms with van der Waals surface area (Å²) in [7, 11) is 1.69. The molecule has 2 aliphatic rings. The fourth-order valence-electron chi connectivity index (χ4n) is 4.33. The van der Waals surface area contributed by atoms with Crippen LogP contribution in [-0.2, 0) is 4.74 Å². The summed E-state index contributed by atoms with van der Waals surface area (Å²) < 4.78 is 11.8. The van der Waals surface area contributed by atoms with Crippen LogP contribution >= 0.6 is 0 Å². The van der Waals surface area contributed by atoms with Gasteiger partial charge in [0.05, 0.1) is 25.2 Å². The molecule has 1 fully saturated rings. The minimum Gasteiger partial charge on any atom is -0.497 e. The summed E-state index contributed by atoms with van der Waals surface area (Å²) in [5.41, 5.74) is 4.90. The van der Waals surface area contributed by atoms with E-state index in [1.807, 2.05) is 30.3 Å². The molecule has 2 nitrogen and oxygen atoms in total. The summed E-state index contributed by atoms with van der Waals surface area (Å²) >= 11 is 0. The highest BCUT2D eigenvalue weighted by atomic mass is 16.5. The van der Waals surface area contributed by atoms with Gasteiger partial charge >= 0.3 is 0 Å². The zero-order chi connectivity index (χ0) is 18.2. The third kappa shape index (κ3) is 2.72. The molecule has 2 heteroatoms. The molecule has 0 aromatic heterocycles. The van der Waals surface area contributed by atoms with Gasteiger partial charge in [-0.05, 0) is 41.0 Å². The normalized spacial score (nSPS) is 24.8. The molecule has 0 radical (unpaired) electrons. The average Bonchev–Trinajstić information content (AvgIpc) is 3.30. The van der Waals surface area contributed by atoms with Gasteiger partial charge in [-0.25, -0.2) is 0 Å². The van der Waals surface area contributed by atoms with Gasteiger partial charge in [0.2, 0.25) is 0 Å². The minimum atomic E-state index is 0.0366. The van der Waals surface area contributed by atoms with Gasteiger partial charge in [0.15, 0.2) is 0 Å². The summed E-state index contributed by atoms with van der Waals surface area (Å²) in [5, 5.41) is 0. The maximum atomic E-state index is 6.43. The van der Waals surface area contributed by atoms with Crippen molar-refractivity contribution in [1.82, 2.24) is 0 Å². The van der Waals surface area contributed by atoms with E-state index in [0.717, 1.165) is 11.3 Å². The van der Waals surface area contributed by atoms with E-state index < -0.39 is 0 Å². The zero-order valence-electron chi connectivity index (χ0n) is 15.1. The van der Waals surface area contributed by atoms with Crippen LogP contribution in [0.4, 0.5) is 0 Å². The highest BCUT2D eigenvalue weighted by molar-refractivity contribution is 5.47. The van der Waals surface area contributed by atoms with Crippen molar-refractivity contribution in [1.29, 1.82) is 0 Å². The fraction of sp³-hybridized carbons (Fsp3) is 0.200. The Morgan fingerprint density at radius 2 is 1.44 bits per heavy atom. The van der Waals surface area contributed by atoms with Gasteiger partial charge in [-0.15, -0.1) is 0 Å². The first-order valence-electron chi connectivity index (χ1n) is 9.30. The molecular formula is C25H20O2. The SMILES string of the molecule is COc1ccc(C2C3OC(c4ccccc43)C2C#Cc2ccccc2)cc1. The van der Waals surface area contributed by atoms with Crippen LogP contribution in [0.5, 0.6) is 5.75 Å². The van der Waals surface area contributed by atoms with Crippen LogP contribution in [0, 0.1) is 17.8 Å². The highest BCUT2D eigenvalue weighted by Crippen LogP contribution is 2.60. The molecule has 0 amide bonds. The van der Waals surface area contributed by atoms with Crippen molar-refractivity contribution >= 4 is 0 Å². The molecule has 132 valence electrons. The van der Waals surface area contributed by atoms with E-state index in [1.54, 1.807) is 7.11 Å². The second kappa shape index (κ2) is 6.61. The zero-order valence-corrected chi connectivity index (χ0v) is 15.1. The number of fused-ring (bicyclic) bond motifs is 5. The molecule has 0 spiro atoms. The Morgan fingerprint density at radius 3 is 2.15 bits per heavy atom. The maximum absolute atomic E-state index is 6.43. The molecule has 0 saturated carbocycles. The monoisotopic (exact) mass is 352 g/mol. The van der Waals surface area contributed by atoms with E-state index in [1.165, 1.54) is 16.7 Å². The lowest BCUT2D eigenvalue weighted by Gasteiger charge is -2.26. The summed E-state index contributed by atoms with van der Waals surface area (Å²) in [4.78, 5) is 0. The Balaban J connectivity index is 1.57. The van der Waals surface area contributed by atoms with Crippen molar-refractivity contribution in [2.45, 2.75) is 18.1 Å². The molecule has 27 heavy (non-hydrogen) atoms. The fourth-order valence-corrected chi connectivity index (χ4v) is 4.33. The van der Waals surface area contributed by atoms with Crippen LogP contribution in [0.25, 0.3) is 0 Å². The second-order valence-corrected chi connectivity index (χ2v) is 7.07. The van der Waals surface area contributed by atoms with Crippen LogP contribution in [-0.4, -0.2) is 7.11 Å². The van der Waals surface area contributed by atoms with Crippen molar-refractivity contribution in [2.75, 3.05) is 7.11 Å². The van der Waals surface area contributed by atoms with E-state index in [-0.39, 0.29) is 24.0 Å². The molecule has 0 N–H and O–H groups in total. The van der Waals surface area contributed by atoms with Crippen molar-refractivity contribution in [3.05, 3.63) is 101 Å². The number of ether oxygens (including phenoxy) is 2. The number of benzene rings is 3. The van der Waals surface area contributed by atoms with Crippen LogP contribution in [0.15, 0.2) is 78.9 Å². The van der Waals surface area contributed by atoms with Crippen LogP contribution < -0.4 is 4.74 Å². The lowest BCUT2D eigenvalue weighted by atomic mass is 9.73. The Bertz CT molecular complexity index is 1010. The average molecular weight is 352 g/mol. The molecule has 3 aromatic rings. The van der Waals surface area contributed by atoms with Crippen molar-refractivity contribution < 1.29 is 9.47 Å². The summed E-state index contributed by atoms with van der Waals surface area (Å²) in [6.07, 6.45) is 0.101. The molecule has 1 saturated heterocycles. The summed E-state index contributed by atoms with van der Waals surface area (Å²) in [5.74, 6) is 8.15. The molecule has 2 bridgehead atoms. The number of hydrogen-bond donors (Lipinski definition) is 0. The lowest BCUT2D eigenvalue weighted by Crippen LogP contribution is -2.19. The Labute approximate surface area is 159 Å². The molecule has 2 heterocycles. The highest BCUT2D eigenvalue weighted by Gasteiger charge is 2.52. The first-order chi connectivity index (χ1) is 13.3. The topological polar surface area (TPSA) is 18.5 Å². The van der Waals surface area contributed by atoms with Gasteiger partial charge in [0.1, 0.15) is 5.75 Å². The summed E-state index contributed by atoms with van der Waals surface area (Å²) in [6.45, 7) is 0. The Kier molecular flexibility index (Phi) is 3.96. The molecular weight excluding hydrogens is 332 g/mol. The second-order valence-electron chi connectivity index (χ2n) is 7.07.